The van der Waals surface area contributed by atoms with Gasteiger partial charge in [0.1, 0.15) is 5.75 Å². The Hall–Kier alpha value is 0.460. The molecule has 0 aromatic heterocycles. The summed E-state index contributed by atoms with van der Waals surface area (Å²) in [4.78, 5) is 0. The zero-order valence-electron chi connectivity index (χ0n) is 7.82. The summed E-state index contributed by atoms with van der Waals surface area (Å²) in [5.74, 6) is 0.886. The first-order chi connectivity index (χ1) is 6.69. The molecule has 0 saturated heterocycles. The summed E-state index contributed by atoms with van der Waals surface area (Å²) < 4.78 is 7.60. The van der Waals surface area contributed by atoms with Crippen LogP contribution in [0.25, 0.3) is 0 Å². The standard InChI is InChI=1S/C10H11Br3O/c1-2-3-14-10-8(12)4-7(6-11)5-9(10)13/h4-5H,2-3,6H2,1H3. The smallest absolute Gasteiger partial charge is 0.147 e. The van der Waals surface area contributed by atoms with Gasteiger partial charge in [0.25, 0.3) is 0 Å². The lowest BCUT2D eigenvalue weighted by atomic mass is 10.2. The summed E-state index contributed by atoms with van der Waals surface area (Å²) in [6, 6.07) is 4.12. The molecule has 1 aromatic carbocycles. The lowest BCUT2D eigenvalue weighted by Crippen LogP contribution is -1.97. The van der Waals surface area contributed by atoms with Gasteiger partial charge >= 0.3 is 0 Å². The highest BCUT2D eigenvalue weighted by Crippen LogP contribution is 2.35. The van der Waals surface area contributed by atoms with E-state index in [4.69, 9.17) is 4.74 Å². The van der Waals surface area contributed by atoms with Gasteiger partial charge in [-0.15, -0.1) is 0 Å². The minimum Gasteiger partial charge on any atom is -0.491 e. The molecule has 78 valence electrons. The molecule has 0 N–H and O–H groups in total. The zero-order chi connectivity index (χ0) is 10.6. The van der Waals surface area contributed by atoms with Crippen LogP contribution in [0, 0.1) is 0 Å². The van der Waals surface area contributed by atoms with E-state index in [0.717, 1.165) is 33.1 Å². The Labute approximate surface area is 110 Å². The molecule has 4 heteroatoms. The Morgan fingerprint density at radius 3 is 2.21 bits per heavy atom. The number of benzene rings is 1. The Balaban J connectivity index is 2.93. The van der Waals surface area contributed by atoms with E-state index in [-0.39, 0.29) is 0 Å². The van der Waals surface area contributed by atoms with Gasteiger partial charge in [-0.1, -0.05) is 22.9 Å². The predicted molar refractivity (Wildman–Crippen MR) is 70.3 cm³/mol. The molecule has 0 aliphatic carbocycles. The van der Waals surface area contributed by atoms with E-state index in [1.807, 2.05) is 0 Å². The second-order valence-corrected chi connectivity index (χ2v) is 5.14. The van der Waals surface area contributed by atoms with E-state index in [9.17, 15) is 0 Å². The first-order valence-corrected chi connectivity index (χ1v) is 7.06. The van der Waals surface area contributed by atoms with Crippen molar-refractivity contribution in [2.75, 3.05) is 6.61 Å². The van der Waals surface area contributed by atoms with Crippen LogP contribution in [0.1, 0.15) is 18.9 Å². The van der Waals surface area contributed by atoms with Crippen molar-refractivity contribution in [2.45, 2.75) is 18.7 Å². The molecule has 0 unspecified atom stereocenters. The summed E-state index contributed by atoms with van der Waals surface area (Å²) >= 11 is 10.4. The number of hydrogen-bond acceptors (Lipinski definition) is 1. The van der Waals surface area contributed by atoms with Crippen LogP contribution in [0.2, 0.25) is 0 Å². The number of alkyl halides is 1. The maximum Gasteiger partial charge on any atom is 0.147 e. The van der Waals surface area contributed by atoms with Crippen LogP contribution in [-0.2, 0) is 5.33 Å². The fraction of sp³-hybridized carbons (Fsp3) is 0.400. The van der Waals surface area contributed by atoms with Crippen molar-refractivity contribution >= 4 is 47.8 Å². The van der Waals surface area contributed by atoms with E-state index in [1.54, 1.807) is 0 Å². The Morgan fingerprint density at radius 2 is 1.79 bits per heavy atom. The maximum absolute atomic E-state index is 5.61. The molecule has 0 spiro atoms. The number of rotatable bonds is 4. The summed E-state index contributed by atoms with van der Waals surface area (Å²) in [6.45, 7) is 2.83. The molecule has 0 heterocycles. The molecular formula is C10H11Br3O. The molecule has 0 aliphatic rings. The van der Waals surface area contributed by atoms with Crippen molar-refractivity contribution in [2.24, 2.45) is 0 Å². The minimum absolute atomic E-state index is 0.741. The molecular weight excluding hydrogens is 376 g/mol. The van der Waals surface area contributed by atoms with Crippen molar-refractivity contribution in [1.29, 1.82) is 0 Å². The third-order valence-corrected chi connectivity index (χ3v) is 3.49. The SMILES string of the molecule is CCCOc1c(Br)cc(CBr)cc1Br. The predicted octanol–water partition coefficient (Wildman–Crippen LogP) is 4.90. The van der Waals surface area contributed by atoms with Crippen molar-refractivity contribution < 1.29 is 4.74 Å². The van der Waals surface area contributed by atoms with Crippen LogP contribution in [0.3, 0.4) is 0 Å². The molecule has 0 radical (unpaired) electrons. The van der Waals surface area contributed by atoms with E-state index < -0.39 is 0 Å². The Kier molecular flexibility index (Phi) is 5.49. The summed E-state index contributed by atoms with van der Waals surface area (Å²) in [7, 11) is 0. The minimum atomic E-state index is 0.741. The van der Waals surface area contributed by atoms with Crippen LogP contribution in [0.15, 0.2) is 21.1 Å². The van der Waals surface area contributed by atoms with E-state index in [1.165, 1.54) is 5.56 Å². The van der Waals surface area contributed by atoms with Gasteiger partial charge in [0, 0.05) is 5.33 Å². The van der Waals surface area contributed by atoms with Gasteiger partial charge in [-0.05, 0) is 56.0 Å². The highest BCUT2D eigenvalue weighted by Gasteiger charge is 2.07. The third-order valence-electron chi connectivity index (χ3n) is 1.66. The monoisotopic (exact) mass is 384 g/mol. The average molecular weight is 387 g/mol. The van der Waals surface area contributed by atoms with Crippen molar-refractivity contribution in [3.63, 3.8) is 0 Å². The number of hydrogen-bond donors (Lipinski definition) is 0. The molecule has 0 atom stereocenters. The Morgan fingerprint density at radius 1 is 1.21 bits per heavy atom. The lowest BCUT2D eigenvalue weighted by molar-refractivity contribution is 0.313. The number of ether oxygens (including phenoxy) is 1. The van der Waals surface area contributed by atoms with Crippen molar-refractivity contribution in [1.82, 2.24) is 0 Å². The molecule has 1 nitrogen and oxygen atoms in total. The molecule has 1 aromatic rings. The van der Waals surface area contributed by atoms with Gasteiger partial charge in [0.05, 0.1) is 15.6 Å². The summed E-state index contributed by atoms with van der Waals surface area (Å²) in [5.41, 5.74) is 1.22. The molecule has 1 rings (SSSR count). The fourth-order valence-corrected chi connectivity index (χ4v) is 2.87. The average Bonchev–Trinajstić information content (AvgIpc) is 2.16. The molecule has 14 heavy (non-hydrogen) atoms. The van der Waals surface area contributed by atoms with Crippen LogP contribution in [0.4, 0.5) is 0 Å². The van der Waals surface area contributed by atoms with E-state index in [0.29, 0.717) is 0 Å². The highest BCUT2D eigenvalue weighted by atomic mass is 79.9. The number of halogens is 3. The molecule has 0 fully saturated rings. The van der Waals surface area contributed by atoms with Gasteiger partial charge in [0.2, 0.25) is 0 Å². The molecule has 0 saturated carbocycles. The van der Waals surface area contributed by atoms with Gasteiger partial charge in [-0.25, -0.2) is 0 Å². The van der Waals surface area contributed by atoms with E-state index >= 15 is 0 Å². The first-order valence-electron chi connectivity index (χ1n) is 4.35. The molecule has 0 amide bonds. The van der Waals surface area contributed by atoms with Gasteiger partial charge in [0.15, 0.2) is 0 Å². The van der Waals surface area contributed by atoms with Gasteiger partial charge < -0.3 is 4.74 Å². The van der Waals surface area contributed by atoms with Crippen LogP contribution in [0.5, 0.6) is 5.75 Å². The van der Waals surface area contributed by atoms with Crippen molar-refractivity contribution in [3.05, 3.63) is 26.6 Å². The quantitative estimate of drug-likeness (QED) is 0.669. The second-order valence-electron chi connectivity index (χ2n) is 2.87. The normalized spacial score (nSPS) is 10.3. The van der Waals surface area contributed by atoms with Crippen LogP contribution in [-0.4, -0.2) is 6.61 Å². The lowest BCUT2D eigenvalue weighted by Gasteiger charge is -2.10. The summed E-state index contributed by atoms with van der Waals surface area (Å²) in [5, 5.41) is 0.845. The molecule has 0 bridgehead atoms. The maximum atomic E-state index is 5.61. The largest absolute Gasteiger partial charge is 0.491 e. The van der Waals surface area contributed by atoms with Gasteiger partial charge in [-0.2, -0.15) is 0 Å². The first kappa shape index (κ1) is 12.5. The van der Waals surface area contributed by atoms with Crippen molar-refractivity contribution in [3.8, 4) is 5.75 Å². The molecule has 0 aliphatic heterocycles. The van der Waals surface area contributed by atoms with Gasteiger partial charge in [-0.3, -0.25) is 0 Å². The highest BCUT2D eigenvalue weighted by molar-refractivity contribution is 9.11. The fourth-order valence-electron chi connectivity index (χ4n) is 1.03. The van der Waals surface area contributed by atoms with E-state index in [2.05, 4.69) is 66.8 Å². The zero-order valence-corrected chi connectivity index (χ0v) is 12.6. The topological polar surface area (TPSA) is 9.23 Å². The van der Waals surface area contributed by atoms with Crippen LogP contribution >= 0.6 is 47.8 Å². The second kappa shape index (κ2) is 6.13. The van der Waals surface area contributed by atoms with Crippen LogP contribution < -0.4 is 4.74 Å². The third kappa shape index (κ3) is 3.24. The Bertz CT molecular complexity index is 289. The summed E-state index contributed by atoms with van der Waals surface area (Å²) in [6.07, 6.45) is 1.01.